The van der Waals surface area contributed by atoms with E-state index in [1.165, 1.54) is 22.9 Å². The molecule has 8 nitrogen and oxygen atoms in total. The van der Waals surface area contributed by atoms with Crippen LogP contribution in [0.25, 0.3) is 22.2 Å². The maximum atomic E-state index is 10.9. The first-order chi connectivity index (χ1) is 19.2. The Bertz CT molecular complexity index is 1650. The highest BCUT2D eigenvalue weighted by atomic mass is 32.2. The molecule has 1 fully saturated rings. The number of aliphatic hydroxyl groups excluding tert-OH is 1. The first-order valence-electron chi connectivity index (χ1n) is 13.0. The molecule has 0 amide bonds. The van der Waals surface area contributed by atoms with E-state index < -0.39 is 6.23 Å². The zero-order chi connectivity index (χ0) is 26.3. The van der Waals surface area contributed by atoms with Gasteiger partial charge in [-0.3, -0.25) is 14.9 Å². The third-order valence-corrected chi connectivity index (χ3v) is 9.13. The number of aliphatic hydroxyl groups is 1. The topological polar surface area (TPSA) is 90.3 Å². The number of anilines is 2. The molecule has 1 unspecified atom stereocenters. The lowest BCUT2D eigenvalue weighted by Gasteiger charge is -2.38. The molecule has 2 N–H and O–H groups in total. The van der Waals surface area contributed by atoms with Gasteiger partial charge < -0.3 is 15.3 Å². The standard InChI is InChI=1S/C29H27N7OS2/c1-30-21-6-2-5-19-20(21)16-24-26(19)27(35-10-12-36(13-11-35)28(37)25-8-4-14-38-25)34-29(33-24)39-18-15-23-22(32-17-18)7-3-9-31-23/h2-9,14-15,17,28,30,37H,10-13,16H2,1H3. The fraction of sp³-hybridized carbons (Fsp3) is 0.241. The number of nitrogens with zero attached hydrogens (tertiary/aromatic N) is 6. The second kappa shape index (κ2) is 10.2. The summed E-state index contributed by atoms with van der Waals surface area (Å²) in [6.45, 7) is 3.06. The minimum Gasteiger partial charge on any atom is -0.388 e. The van der Waals surface area contributed by atoms with Gasteiger partial charge in [0.2, 0.25) is 0 Å². The number of piperazine rings is 1. The lowest BCUT2D eigenvalue weighted by Crippen LogP contribution is -2.48. The Balaban J connectivity index is 1.23. The van der Waals surface area contributed by atoms with Crippen molar-refractivity contribution in [3.05, 3.63) is 82.4 Å². The molecule has 4 aromatic heterocycles. The summed E-state index contributed by atoms with van der Waals surface area (Å²) >= 11 is 3.12. The van der Waals surface area contributed by atoms with Crippen molar-refractivity contribution in [2.75, 3.05) is 43.4 Å². The molecule has 2 aliphatic rings. The Kier molecular flexibility index (Phi) is 6.40. The zero-order valence-corrected chi connectivity index (χ0v) is 23.0. The van der Waals surface area contributed by atoms with Crippen LogP contribution in [-0.4, -0.2) is 63.2 Å². The second-order valence-corrected chi connectivity index (χ2v) is 11.7. The van der Waals surface area contributed by atoms with E-state index in [9.17, 15) is 5.11 Å². The van der Waals surface area contributed by atoms with E-state index in [1.54, 1.807) is 17.5 Å². The summed E-state index contributed by atoms with van der Waals surface area (Å²) in [5.41, 5.74) is 7.48. The largest absolute Gasteiger partial charge is 0.388 e. The van der Waals surface area contributed by atoms with Crippen molar-refractivity contribution in [1.82, 2.24) is 24.8 Å². The Morgan fingerprint density at radius 3 is 2.72 bits per heavy atom. The van der Waals surface area contributed by atoms with Crippen LogP contribution in [-0.2, 0) is 6.42 Å². The van der Waals surface area contributed by atoms with Crippen molar-refractivity contribution in [2.24, 2.45) is 0 Å². The quantitative estimate of drug-likeness (QED) is 0.275. The van der Waals surface area contributed by atoms with Crippen LogP contribution >= 0.6 is 23.1 Å². The van der Waals surface area contributed by atoms with Gasteiger partial charge in [0.05, 0.1) is 16.7 Å². The minimum atomic E-state index is -0.567. The van der Waals surface area contributed by atoms with Crippen molar-refractivity contribution in [3.63, 3.8) is 0 Å². The molecular weight excluding hydrogens is 527 g/mol. The maximum absolute atomic E-state index is 10.9. The number of benzene rings is 1. The first kappa shape index (κ1) is 24.5. The maximum Gasteiger partial charge on any atom is 0.194 e. The Labute approximate surface area is 234 Å². The van der Waals surface area contributed by atoms with Gasteiger partial charge >= 0.3 is 0 Å². The summed E-state index contributed by atoms with van der Waals surface area (Å²) in [6, 6.07) is 16.3. The molecule has 196 valence electrons. The van der Waals surface area contributed by atoms with Gasteiger partial charge in [-0.15, -0.1) is 11.3 Å². The van der Waals surface area contributed by atoms with E-state index in [0.717, 1.165) is 76.2 Å². The van der Waals surface area contributed by atoms with E-state index in [4.69, 9.17) is 9.97 Å². The summed E-state index contributed by atoms with van der Waals surface area (Å²) in [7, 11) is 1.96. The molecule has 1 aromatic carbocycles. The van der Waals surface area contributed by atoms with Crippen molar-refractivity contribution in [2.45, 2.75) is 22.7 Å². The lowest BCUT2D eigenvalue weighted by molar-refractivity contribution is 0.00103. The number of rotatable bonds is 6. The smallest absolute Gasteiger partial charge is 0.194 e. The second-order valence-electron chi connectivity index (χ2n) is 9.64. The van der Waals surface area contributed by atoms with E-state index >= 15 is 0 Å². The molecule has 7 rings (SSSR count). The van der Waals surface area contributed by atoms with E-state index in [2.05, 4.69) is 43.3 Å². The van der Waals surface area contributed by atoms with Gasteiger partial charge in [0.1, 0.15) is 12.0 Å². The van der Waals surface area contributed by atoms with E-state index in [-0.39, 0.29) is 0 Å². The van der Waals surface area contributed by atoms with Gasteiger partial charge in [0.15, 0.2) is 5.16 Å². The van der Waals surface area contributed by atoms with Gasteiger partial charge in [-0.25, -0.2) is 9.97 Å². The van der Waals surface area contributed by atoms with Gasteiger partial charge in [0, 0.05) is 73.1 Å². The van der Waals surface area contributed by atoms with Crippen LogP contribution in [0.2, 0.25) is 0 Å². The van der Waals surface area contributed by atoms with Crippen LogP contribution < -0.4 is 10.2 Å². The minimum absolute atomic E-state index is 0.567. The predicted molar refractivity (Wildman–Crippen MR) is 157 cm³/mol. The third-order valence-electron chi connectivity index (χ3n) is 7.40. The normalized spacial score (nSPS) is 15.8. The van der Waals surface area contributed by atoms with E-state index in [1.807, 2.05) is 49.0 Å². The van der Waals surface area contributed by atoms with Gasteiger partial charge in [-0.1, -0.05) is 18.2 Å². The average molecular weight is 554 g/mol. The predicted octanol–water partition coefficient (Wildman–Crippen LogP) is 5.06. The van der Waals surface area contributed by atoms with Crippen molar-refractivity contribution >= 4 is 45.6 Å². The van der Waals surface area contributed by atoms with Crippen LogP contribution in [0.3, 0.4) is 0 Å². The molecule has 1 aliphatic heterocycles. The highest BCUT2D eigenvalue weighted by molar-refractivity contribution is 7.99. The highest BCUT2D eigenvalue weighted by Crippen LogP contribution is 2.45. The molecule has 5 aromatic rings. The molecule has 0 saturated carbocycles. The first-order valence-corrected chi connectivity index (χ1v) is 14.7. The van der Waals surface area contributed by atoms with Gasteiger partial charge in [-0.2, -0.15) is 0 Å². The number of hydrogen-bond acceptors (Lipinski definition) is 10. The molecule has 10 heteroatoms. The fourth-order valence-electron chi connectivity index (χ4n) is 5.46. The molecule has 5 heterocycles. The summed E-state index contributed by atoms with van der Waals surface area (Å²) in [6.07, 6.45) is 3.85. The van der Waals surface area contributed by atoms with E-state index in [0.29, 0.717) is 5.16 Å². The number of hydrogen-bond donors (Lipinski definition) is 2. The average Bonchev–Trinajstić information content (AvgIpc) is 3.65. The number of fused-ring (bicyclic) bond motifs is 4. The summed E-state index contributed by atoms with van der Waals surface area (Å²) < 4.78 is 0. The van der Waals surface area contributed by atoms with Gasteiger partial charge in [-0.05, 0) is 58.6 Å². The molecular formula is C29H27N7OS2. The number of pyridine rings is 2. The molecule has 1 atom stereocenters. The van der Waals surface area contributed by atoms with Crippen LogP contribution in [0, 0.1) is 0 Å². The van der Waals surface area contributed by atoms with Crippen molar-refractivity contribution in [3.8, 4) is 11.1 Å². The van der Waals surface area contributed by atoms with Crippen LogP contribution in [0.15, 0.2) is 76.4 Å². The third kappa shape index (κ3) is 4.53. The molecule has 39 heavy (non-hydrogen) atoms. The number of thiophene rings is 1. The zero-order valence-electron chi connectivity index (χ0n) is 21.4. The van der Waals surface area contributed by atoms with Crippen molar-refractivity contribution in [1.29, 1.82) is 0 Å². The molecule has 0 bridgehead atoms. The lowest BCUT2D eigenvalue weighted by atomic mass is 10.0. The Morgan fingerprint density at radius 2 is 1.90 bits per heavy atom. The summed E-state index contributed by atoms with van der Waals surface area (Å²) in [5, 5.41) is 17.0. The van der Waals surface area contributed by atoms with Crippen LogP contribution in [0.4, 0.5) is 11.5 Å². The molecule has 0 spiro atoms. The van der Waals surface area contributed by atoms with Crippen molar-refractivity contribution < 1.29 is 5.11 Å². The molecule has 1 aliphatic carbocycles. The summed E-state index contributed by atoms with van der Waals surface area (Å²) in [4.78, 5) is 25.7. The highest BCUT2D eigenvalue weighted by Gasteiger charge is 2.32. The monoisotopic (exact) mass is 553 g/mol. The fourth-order valence-corrected chi connectivity index (χ4v) is 6.97. The van der Waals surface area contributed by atoms with Crippen LogP contribution in [0.1, 0.15) is 22.4 Å². The SMILES string of the molecule is CNc1cccc2c1Cc1nc(Sc3cnc4cccnc4c3)nc(N3CCN(C(O)c4cccs4)CC3)c1-2. The van der Waals surface area contributed by atoms with Crippen LogP contribution in [0.5, 0.6) is 0 Å². The van der Waals surface area contributed by atoms with Gasteiger partial charge in [0.25, 0.3) is 0 Å². The molecule has 0 radical (unpaired) electrons. The number of aromatic nitrogens is 4. The number of nitrogens with one attached hydrogen (secondary N) is 1. The molecule has 1 saturated heterocycles. The Hall–Kier alpha value is -3.57. The Morgan fingerprint density at radius 1 is 1.00 bits per heavy atom. The summed E-state index contributed by atoms with van der Waals surface area (Å²) in [5.74, 6) is 0.964.